The second-order valence-electron chi connectivity index (χ2n) is 3.81. The molecule has 0 spiro atoms. The third kappa shape index (κ3) is 1.80. The van der Waals surface area contributed by atoms with E-state index >= 15 is 0 Å². The van der Waals surface area contributed by atoms with Gasteiger partial charge in [0.25, 0.3) is 0 Å². The Morgan fingerprint density at radius 2 is 2.21 bits per heavy atom. The molecule has 0 radical (unpaired) electrons. The van der Waals surface area contributed by atoms with Gasteiger partial charge in [0.2, 0.25) is 0 Å². The first-order valence-corrected chi connectivity index (χ1v) is 4.81. The monoisotopic (exact) mass is 193 g/mol. The van der Waals surface area contributed by atoms with Crippen molar-refractivity contribution in [2.45, 2.75) is 18.7 Å². The van der Waals surface area contributed by atoms with E-state index in [2.05, 4.69) is 17.4 Å². The lowest BCUT2D eigenvalue weighted by Crippen LogP contribution is -2.42. The van der Waals surface area contributed by atoms with Gasteiger partial charge in [-0.1, -0.05) is 30.3 Å². The maximum absolute atomic E-state index is 9.10. The zero-order chi connectivity index (χ0) is 10.0. The van der Waals surface area contributed by atoms with Gasteiger partial charge in [-0.15, -0.1) is 0 Å². The normalized spacial score (nSPS) is 32.0. The fraction of sp³-hybridized carbons (Fsp3) is 0.455. The van der Waals surface area contributed by atoms with Gasteiger partial charge >= 0.3 is 0 Å². The second-order valence-corrected chi connectivity index (χ2v) is 3.81. The average molecular weight is 193 g/mol. The molecule has 2 rings (SSSR count). The molecule has 2 atom stereocenters. The summed E-state index contributed by atoms with van der Waals surface area (Å²) in [6.45, 7) is 2.47. The van der Waals surface area contributed by atoms with Crippen LogP contribution < -0.4 is 5.32 Å². The third-order valence-corrected chi connectivity index (χ3v) is 2.55. The van der Waals surface area contributed by atoms with Crippen LogP contribution in [0, 0.1) is 0 Å². The summed E-state index contributed by atoms with van der Waals surface area (Å²) in [6.07, 6.45) is 0. The molecule has 1 fully saturated rings. The van der Waals surface area contributed by atoms with Crippen LogP contribution in [0.15, 0.2) is 30.3 Å². The molecule has 1 unspecified atom stereocenters. The Kier molecular flexibility index (Phi) is 2.54. The lowest BCUT2D eigenvalue weighted by atomic mass is 10.1. The molecule has 1 aliphatic heterocycles. The molecule has 0 saturated carbocycles. The highest BCUT2D eigenvalue weighted by molar-refractivity contribution is 5.20. The molecule has 1 aromatic rings. The fourth-order valence-corrected chi connectivity index (χ4v) is 1.68. The minimum absolute atomic E-state index is 0.00364. The standard InChI is InChI=1S/C11H15NO2/c1-11(8-13)12-10(7-14-11)9-5-3-2-4-6-9/h2-6,10,12-13H,7-8H2,1H3/t10-,11?/m0/s1. The van der Waals surface area contributed by atoms with Gasteiger partial charge in [-0.2, -0.15) is 0 Å². The van der Waals surface area contributed by atoms with Crippen LogP contribution in [-0.2, 0) is 4.74 Å². The molecule has 0 bridgehead atoms. The average Bonchev–Trinajstić information content (AvgIpc) is 2.63. The van der Waals surface area contributed by atoms with E-state index in [1.54, 1.807) is 0 Å². The van der Waals surface area contributed by atoms with Gasteiger partial charge in [-0.25, -0.2) is 0 Å². The van der Waals surface area contributed by atoms with Crippen LogP contribution in [0.4, 0.5) is 0 Å². The predicted molar refractivity (Wildman–Crippen MR) is 53.8 cm³/mol. The molecule has 3 nitrogen and oxygen atoms in total. The smallest absolute Gasteiger partial charge is 0.140 e. The minimum Gasteiger partial charge on any atom is -0.392 e. The highest BCUT2D eigenvalue weighted by atomic mass is 16.5. The van der Waals surface area contributed by atoms with Crippen molar-refractivity contribution in [3.63, 3.8) is 0 Å². The van der Waals surface area contributed by atoms with Gasteiger partial charge in [-0.05, 0) is 12.5 Å². The largest absolute Gasteiger partial charge is 0.392 e. The maximum Gasteiger partial charge on any atom is 0.140 e. The second kappa shape index (κ2) is 3.69. The summed E-state index contributed by atoms with van der Waals surface area (Å²) < 4.78 is 5.50. The maximum atomic E-state index is 9.10. The summed E-state index contributed by atoms with van der Waals surface area (Å²) in [4.78, 5) is 0. The van der Waals surface area contributed by atoms with Crippen LogP contribution in [0.25, 0.3) is 0 Å². The van der Waals surface area contributed by atoms with Crippen LogP contribution in [0.1, 0.15) is 18.5 Å². The van der Waals surface area contributed by atoms with E-state index in [-0.39, 0.29) is 12.6 Å². The number of rotatable bonds is 2. The van der Waals surface area contributed by atoms with Crippen molar-refractivity contribution < 1.29 is 9.84 Å². The van der Waals surface area contributed by atoms with Gasteiger partial charge in [0, 0.05) is 0 Å². The zero-order valence-electron chi connectivity index (χ0n) is 8.23. The number of aliphatic hydroxyl groups is 1. The lowest BCUT2D eigenvalue weighted by Gasteiger charge is -2.21. The van der Waals surface area contributed by atoms with Crippen molar-refractivity contribution in [3.8, 4) is 0 Å². The van der Waals surface area contributed by atoms with E-state index in [0.717, 1.165) is 0 Å². The van der Waals surface area contributed by atoms with Crippen molar-refractivity contribution in [3.05, 3.63) is 35.9 Å². The molecule has 76 valence electrons. The quantitative estimate of drug-likeness (QED) is 0.738. The SMILES string of the molecule is CC1(CO)N[C@H](c2ccccc2)CO1. The number of nitrogens with one attached hydrogen (secondary N) is 1. The molecule has 1 aromatic carbocycles. The molecular formula is C11H15NO2. The zero-order valence-corrected chi connectivity index (χ0v) is 8.23. The summed E-state index contributed by atoms with van der Waals surface area (Å²) in [6, 6.07) is 10.3. The fourth-order valence-electron chi connectivity index (χ4n) is 1.68. The molecule has 2 N–H and O–H groups in total. The number of ether oxygens (including phenoxy) is 1. The van der Waals surface area contributed by atoms with Gasteiger partial charge < -0.3 is 9.84 Å². The van der Waals surface area contributed by atoms with Crippen molar-refractivity contribution in [2.24, 2.45) is 0 Å². The Bertz CT molecular complexity index is 301. The van der Waals surface area contributed by atoms with E-state index in [1.165, 1.54) is 5.56 Å². The predicted octanol–water partition coefficient (Wildman–Crippen LogP) is 1.06. The Labute approximate surface area is 83.7 Å². The number of hydrogen-bond acceptors (Lipinski definition) is 3. The summed E-state index contributed by atoms with van der Waals surface area (Å²) in [5, 5.41) is 12.4. The molecule has 3 heteroatoms. The Morgan fingerprint density at radius 1 is 1.50 bits per heavy atom. The van der Waals surface area contributed by atoms with E-state index in [1.807, 2.05) is 25.1 Å². The molecule has 14 heavy (non-hydrogen) atoms. The summed E-state index contributed by atoms with van der Waals surface area (Å²) >= 11 is 0. The van der Waals surface area contributed by atoms with Gasteiger partial charge in [0.1, 0.15) is 5.72 Å². The number of hydrogen-bond donors (Lipinski definition) is 2. The van der Waals surface area contributed by atoms with Crippen molar-refractivity contribution in [2.75, 3.05) is 13.2 Å². The summed E-state index contributed by atoms with van der Waals surface area (Å²) in [7, 11) is 0. The first kappa shape index (κ1) is 9.65. The van der Waals surface area contributed by atoms with E-state index in [9.17, 15) is 0 Å². The third-order valence-electron chi connectivity index (χ3n) is 2.55. The van der Waals surface area contributed by atoms with Gasteiger partial charge in [0.15, 0.2) is 0 Å². The first-order chi connectivity index (χ1) is 6.73. The van der Waals surface area contributed by atoms with Crippen LogP contribution in [0.3, 0.4) is 0 Å². The Balaban J connectivity index is 2.10. The molecule has 0 amide bonds. The van der Waals surface area contributed by atoms with E-state index in [0.29, 0.717) is 6.61 Å². The topological polar surface area (TPSA) is 41.5 Å². The summed E-state index contributed by atoms with van der Waals surface area (Å²) in [5.74, 6) is 0. The van der Waals surface area contributed by atoms with Crippen LogP contribution >= 0.6 is 0 Å². The van der Waals surface area contributed by atoms with Crippen LogP contribution in [0.2, 0.25) is 0 Å². The molecular weight excluding hydrogens is 178 g/mol. The lowest BCUT2D eigenvalue weighted by molar-refractivity contribution is -0.0366. The molecule has 1 saturated heterocycles. The number of benzene rings is 1. The minimum atomic E-state index is -0.583. The molecule has 0 aliphatic carbocycles. The molecule has 0 aromatic heterocycles. The van der Waals surface area contributed by atoms with Crippen LogP contribution in [-0.4, -0.2) is 24.0 Å². The van der Waals surface area contributed by atoms with Gasteiger partial charge in [0.05, 0.1) is 19.3 Å². The number of aliphatic hydroxyl groups excluding tert-OH is 1. The van der Waals surface area contributed by atoms with Crippen molar-refractivity contribution >= 4 is 0 Å². The molecule has 1 aliphatic rings. The summed E-state index contributed by atoms with van der Waals surface area (Å²) in [5.41, 5.74) is 0.616. The van der Waals surface area contributed by atoms with Gasteiger partial charge in [-0.3, -0.25) is 5.32 Å². The van der Waals surface area contributed by atoms with Crippen molar-refractivity contribution in [1.29, 1.82) is 0 Å². The molecule has 1 heterocycles. The van der Waals surface area contributed by atoms with Crippen LogP contribution in [0.5, 0.6) is 0 Å². The Hall–Kier alpha value is -0.900. The van der Waals surface area contributed by atoms with E-state index < -0.39 is 5.72 Å². The highest BCUT2D eigenvalue weighted by Gasteiger charge is 2.35. The van der Waals surface area contributed by atoms with E-state index in [4.69, 9.17) is 9.84 Å². The Morgan fingerprint density at radius 3 is 2.79 bits per heavy atom. The highest BCUT2D eigenvalue weighted by Crippen LogP contribution is 2.25. The first-order valence-electron chi connectivity index (χ1n) is 4.81. The van der Waals surface area contributed by atoms with Crippen molar-refractivity contribution in [1.82, 2.24) is 5.32 Å².